The van der Waals surface area contributed by atoms with E-state index >= 15 is 0 Å². The van der Waals surface area contributed by atoms with E-state index < -0.39 is 24.3 Å². The van der Waals surface area contributed by atoms with E-state index in [0.717, 1.165) is 0 Å². The lowest BCUT2D eigenvalue weighted by Gasteiger charge is -2.06. The van der Waals surface area contributed by atoms with E-state index in [2.05, 4.69) is 5.32 Å². The summed E-state index contributed by atoms with van der Waals surface area (Å²) in [6, 6.07) is 10.8. The number of esters is 1. The lowest BCUT2D eigenvalue weighted by molar-refractivity contribution is -0.142. The summed E-state index contributed by atoms with van der Waals surface area (Å²) in [4.78, 5) is 23.4. The quantitative estimate of drug-likeness (QED) is 0.608. The van der Waals surface area contributed by atoms with Crippen LogP contribution in [0.5, 0.6) is 11.5 Å². The number of ether oxygens (including phenoxy) is 3. The molecule has 136 valence electrons. The average molecular weight is 359 g/mol. The van der Waals surface area contributed by atoms with Crippen molar-refractivity contribution in [3.05, 3.63) is 59.9 Å². The van der Waals surface area contributed by atoms with Gasteiger partial charge in [0.15, 0.2) is 6.61 Å². The van der Waals surface area contributed by atoms with Crippen molar-refractivity contribution in [3.63, 3.8) is 0 Å². The monoisotopic (exact) mass is 359 g/mol. The van der Waals surface area contributed by atoms with Gasteiger partial charge in [0.05, 0.1) is 19.9 Å². The molecule has 0 aliphatic heterocycles. The summed E-state index contributed by atoms with van der Waals surface area (Å²) in [6.45, 7) is -0.529. The molecule has 0 saturated carbocycles. The Kier molecular flexibility index (Phi) is 6.73. The minimum absolute atomic E-state index is 0.0209. The van der Waals surface area contributed by atoms with E-state index in [1.54, 1.807) is 24.3 Å². The van der Waals surface area contributed by atoms with Gasteiger partial charge in [-0.25, -0.2) is 9.18 Å². The van der Waals surface area contributed by atoms with Gasteiger partial charge >= 0.3 is 5.97 Å². The number of carbonyl (C=O) groups is 2. The van der Waals surface area contributed by atoms with Crippen molar-refractivity contribution in [1.29, 1.82) is 0 Å². The van der Waals surface area contributed by atoms with E-state index in [4.69, 9.17) is 14.2 Å². The second kappa shape index (κ2) is 9.22. The summed E-state index contributed by atoms with van der Waals surface area (Å²) in [6.07, 6.45) is 2.67. The van der Waals surface area contributed by atoms with Crippen LogP contribution in [0, 0.1) is 5.82 Å². The normalized spacial score (nSPS) is 10.4. The Hall–Kier alpha value is -3.35. The van der Waals surface area contributed by atoms with Gasteiger partial charge in [-0.15, -0.1) is 0 Å². The van der Waals surface area contributed by atoms with Crippen LogP contribution in [0.1, 0.15) is 5.56 Å². The molecular formula is C19H18FNO5. The fraction of sp³-hybridized carbons (Fsp3) is 0.158. The van der Waals surface area contributed by atoms with Crippen LogP contribution in [-0.2, 0) is 14.3 Å². The fourth-order valence-corrected chi connectivity index (χ4v) is 2.02. The number of rotatable bonds is 7. The third-order valence-corrected chi connectivity index (χ3v) is 3.28. The highest BCUT2D eigenvalue weighted by atomic mass is 19.1. The van der Waals surface area contributed by atoms with E-state index in [9.17, 15) is 14.0 Å². The van der Waals surface area contributed by atoms with Gasteiger partial charge in [-0.3, -0.25) is 4.79 Å². The highest BCUT2D eigenvalue weighted by Crippen LogP contribution is 2.23. The first-order chi connectivity index (χ1) is 12.5. The third kappa shape index (κ3) is 5.62. The average Bonchev–Trinajstić information content (AvgIpc) is 2.66. The van der Waals surface area contributed by atoms with Crippen molar-refractivity contribution < 1.29 is 28.2 Å². The van der Waals surface area contributed by atoms with Gasteiger partial charge in [0, 0.05) is 12.1 Å². The van der Waals surface area contributed by atoms with E-state index in [0.29, 0.717) is 17.1 Å². The van der Waals surface area contributed by atoms with Crippen LogP contribution >= 0.6 is 0 Å². The molecule has 0 spiro atoms. The van der Waals surface area contributed by atoms with Gasteiger partial charge in [0.2, 0.25) is 0 Å². The summed E-state index contributed by atoms with van der Waals surface area (Å²) in [7, 11) is 3.04. The van der Waals surface area contributed by atoms with Crippen molar-refractivity contribution in [2.45, 2.75) is 0 Å². The van der Waals surface area contributed by atoms with Crippen LogP contribution in [0.4, 0.5) is 10.1 Å². The maximum Gasteiger partial charge on any atom is 0.331 e. The van der Waals surface area contributed by atoms with Gasteiger partial charge < -0.3 is 19.5 Å². The molecule has 0 bridgehead atoms. The summed E-state index contributed by atoms with van der Waals surface area (Å²) >= 11 is 0. The second-order valence-electron chi connectivity index (χ2n) is 5.12. The molecule has 7 heteroatoms. The first-order valence-corrected chi connectivity index (χ1v) is 7.64. The minimum atomic E-state index is -0.713. The predicted octanol–water partition coefficient (Wildman–Crippen LogP) is 3.04. The van der Waals surface area contributed by atoms with Crippen molar-refractivity contribution in [3.8, 4) is 11.5 Å². The molecule has 0 unspecified atom stereocenters. The number of carbonyl (C=O) groups excluding carboxylic acids is 2. The Bertz CT molecular complexity index is 797. The molecule has 2 rings (SSSR count). The Morgan fingerprint density at radius 3 is 2.35 bits per heavy atom. The lowest BCUT2D eigenvalue weighted by atomic mass is 10.2. The smallest absolute Gasteiger partial charge is 0.331 e. The molecule has 6 nitrogen and oxygen atoms in total. The second-order valence-corrected chi connectivity index (χ2v) is 5.12. The highest BCUT2D eigenvalue weighted by Gasteiger charge is 2.08. The highest BCUT2D eigenvalue weighted by molar-refractivity contribution is 5.94. The zero-order valence-corrected chi connectivity index (χ0v) is 14.3. The molecule has 1 amide bonds. The number of amides is 1. The zero-order chi connectivity index (χ0) is 18.9. The van der Waals surface area contributed by atoms with Crippen molar-refractivity contribution in [1.82, 2.24) is 0 Å². The van der Waals surface area contributed by atoms with Gasteiger partial charge in [-0.1, -0.05) is 12.1 Å². The van der Waals surface area contributed by atoms with Gasteiger partial charge in [0.25, 0.3) is 5.91 Å². The number of nitrogens with one attached hydrogen (secondary N) is 1. The first-order valence-electron chi connectivity index (χ1n) is 7.64. The molecule has 0 aliphatic carbocycles. The van der Waals surface area contributed by atoms with Crippen LogP contribution in [0.25, 0.3) is 6.08 Å². The predicted molar refractivity (Wildman–Crippen MR) is 94.6 cm³/mol. The molecule has 0 atom stereocenters. The number of hydrogen-bond acceptors (Lipinski definition) is 5. The topological polar surface area (TPSA) is 73.9 Å². The largest absolute Gasteiger partial charge is 0.497 e. The number of benzene rings is 2. The van der Waals surface area contributed by atoms with Crippen molar-refractivity contribution >= 4 is 23.6 Å². The molecule has 0 saturated heterocycles. The molecule has 2 aromatic carbocycles. The molecule has 2 aromatic rings. The van der Waals surface area contributed by atoms with Crippen molar-refractivity contribution in [2.75, 3.05) is 26.1 Å². The molecular weight excluding hydrogens is 341 g/mol. The van der Waals surface area contributed by atoms with Crippen LogP contribution in [0.15, 0.2) is 48.5 Å². The van der Waals surface area contributed by atoms with Crippen molar-refractivity contribution in [2.24, 2.45) is 0 Å². The number of anilines is 1. The van der Waals surface area contributed by atoms with Gasteiger partial charge in [-0.2, -0.15) is 0 Å². The first kappa shape index (κ1) is 19.0. The Morgan fingerprint density at radius 1 is 1.08 bits per heavy atom. The van der Waals surface area contributed by atoms with Crippen LogP contribution in [0.2, 0.25) is 0 Å². The standard InChI is InChI=1S/C19H18FNO5/c1-24-14-9-13(10-15(11-14)25-2)7-8-19(23)26-12-18(22)21-17-6-4-3-5-16(17)20/h3-11H,12H2,1-2H3,(H,21,22)/b8-7+. The Balaban J connectivity index is 1.89. The third-order valence-electron chi connectivity index (χ3n) is 3.28. The molecule has 0 radical (unpaired) electrons. The molecule has 0 aliphatic rings. The number of para-hydroxylation sites is 1. The molecule has 26 heavy (non-hydrogen) atoms. The number of hydrogen-bond donors (Lipinski definition) is 1. The molecule has 0 heterocycles. The van der Waals surface area contributed by atoms with Gasteiger partial charge in [-0.05, 0) is 35.9 Å². The fourth-order valence-electron chi connectivity index (χ4n) is 2.02. The lowest BCUT2D eigenvalue weighted by Crippen LogP contribution is -2.20. The summed E-state index contributed by atoms with van der Waals surface area (Å²) in [5, 5.41) is 2.32. The Morgan fingerprint density at radius 2 is 1.73 bits per heavy atom. The summed E-state index contributed by atoms with van der Waals surface area (Å²) < 4.78 is 28.5. The van der Waals surface area contributed by atoms with Crippen LogP contribution < -0.4 is 14.8 Å². The van der Waals surface area contributed by atoms with Crippen LogP contribution in [-0.4, -0.2) is 32.7 Å². The maximum atomic E-state index is 13.4. The number of halogens is 1. The van der Waals surface area contributed by atoms with Gasteiger partial charge in [0.1, 0.15) is 17.3 Å². The molecule has 0 fully saturated rings. The zero-order valence-electron chi connectivity index (χ0n) is 14.3. The molecule has 0 aromatic heterocycles. The summed E-state index contributed by atoms with van der Waals surface area (Å²) in [5.74, 6) is -0.780. The molecule has 1 N–H and O–H groups in total. The Labute approximate surface area is 150 Å². The van der Waals surface area contributed by atoms with E-state index in [1.807, 2.05) is 0 Å². The van der Waals surface area contributed by atoms with Crippen LogP contribution in [0.3, 0.4) is 0 Å². The maximum absolute atomic E-state index is 13.4. The van der Waals surface area contributed by atoms with E-state index in [1.165, 1.54) is 44.6 Å². The summed E-state index contributed by atoms with van der Waals surface area (Å²) in [5.41, 5.74) is 0.682. The minimum Gasteiger partial charge on any atom is -0.497 e. The SMILES string of the molecule is COc1cc(/C=C/C(=O)OCC(=O)Nc2ccccc2F)cc(OC)c1. The van der Waals surface area contributed by atoms with E-state index in [-0.39, 0.29) is 5.69 Å². The number of methoxy groups -OCH3 is 2.